The number of nitrogens with one attached hydrogen (secondary N) is 1. The van der Waals surface area contributed by atoms with Crippen LogP contribution in [0, 0.1) is 5.56 Å². The Hall–Kier alpha value is -1.60. The van der Waals surface area contributed by atoms with E-state index >= 15 is 0 Å². The normalized spacial score (nSPS) is 16.7. The SMILES string of the molecule is O=S(=O)(O)[C]1NN=C(c2ccccc2)O1. The molecule has 1 aliphatic rings. The molecule has 0 saturated carbocycles. The van der Waals surface area contributed by atoms with Gasteiger partial charge in [-0.15, -0.1) is 5.10 Å². The molecule has 79 valence electrons. The summed E-state index contributed by atoms with van der Waals surface area (Å²) in [6.07, 6.45) is 0. The van der Waals surface area contributed by atoms with E-state index in [9.17, 15) is 8.42 Å². The quantitative estimate of drug-likeness (QED) is 0.709. The highest BCUT2D eigenvalue weighted by Crippen LogP contribution is 2.16. The molecule has 1 aromatic carbocycles. The van der Waals surface area contributed by atoms with Crippen molar-refractivity contribution in [3.63, 3.8) is 0 Å². The van der Waals surface area contributed by atoms with Crippen molar-refractivity contribution in [1.29, 1.82) is 0 Å². The van der Waals surface area contributed by atoms with E-state index in [1.54, 1.807) is 30.3 Å². The maximum Gasteiger partial charge on any atom is 0.404 e. The highest BCUT2D eigenvalue weighted by Gasteiger charge is 2.34. The molecule has 1 heterocycles. The average molecular weight is 227 g/mol. The highest BCUT2D eigenvalue weighted by molar-refractivity contribution is 7.88. The van der Waals surface area contributed by atoms with E-state index in [1.807, 2.05) is 0 Å². The Morgan fingerprint density at radius 2 is 1.93 bits per heavy atom. The lowest BCUT2D eigenvalue weighted by molar-refractivity contribution is 0.340. The van der Waals surface area contributed by atoms with Crippen molar-refractivity contribution in [3.05, 3.63) is 41.5 Å². The van der Waals surface area contributed by atoms with Crippen molar-refractivity contribution in [2.45, 2.75) is 0 Å². The van der Waals surface area contributed by atoms with Gasteiger partial charge in [0.2, 0.25) is 5.90 Å². The van der Waals surface area contributed by atoms with Gasteiger partial charge in [-0.05, 0) is 12.1 Å². The average Bonchev–Trinajstić information content (AvgIpc) is 2.67. The molecule has 0 aromatic heterocycles. The van der Waals surface area contributed by atoms with E-state index in [2.05, 4.69) is 10.5 Å². The molecule has 0 bridgehead atoms. The molecule has 0 amide bonds. The van der Waals surface area contributed by atoms with E-state index in [0.29, 0.717) is 5.56 Å². The molecule has 1 radical (unpaired) electrons. The molecule has 6 nitrogen and oxygen atoms in total. The summed E-state index contributed by atoms with van der Waals surface area (Å²) in [6, 6.07) is 8.72. The first-order valence-corrected chi connectivity index (χ1v) is 5.43. The van der Waals surface area contributed by atoms with Crippen molar-refractivity contribution >= 4 is 16.0 Å². The van der Waals surface area contributed by atoms with E-state index in [1.165, 1.54) is 0 Å². The van der Waals surface area contributed by atoms with Gasteiger partial charge in [0.1, 0.15) is 0 Å². The number of nitrogens with zero attached hydrogens (tertiary/aromatic N) is 1. The fraction of sp³-hybridized carbons (Fsp3) is 0. The second-order valence-electron chi connectivity index (χ2n) is 2.76. The van der Waals surface area contributed by atoms with E-state index in [0.717, 1.165) is 0 Å². The first-order valence-electron chi connectivity index (χ1n) is 3.99. The summed E-state index contributed by atoms with van der Waals surface area (Å²) in [4.78, 5) is 0. The van der Waals surface area contributed by atoms with Crippen molar-refractivity contribution in [2.75, 3.05) is 0 Å². The molecule has 7 heteroatoms. The molecule has 1 aliphatic heterocycles. The van der Waals surface area contributed by atoms with Gasteiger partial charge in [0.05, 0.1) is 0 Å². The summed E-state index contributed by atoms with van der Waals surface area (Å²) in [6.45, 7) is 0. The van der Waals surface area contributed by atoms with Crippen LogP contribution in [0.4, 0.5) is 0 Å². The summed E-state index contributed by atoms with van der Waals surface area (Å²) in [7, 11) is -4.37. The molecule has 2 N–H and O–H groups in total. The molecule has 0 aliphatic carbocycles. The molecule has 0 spiro atoms. The fourth-order valence-corrected chi connectivity index (χ4v) is 1.39. The monoisotopic (exact) mass is 227 g/mol. The number of benzene rings is 1. The van der Waals surface area contributed by atoms with E-state index < -0.39 is 15.7 Å². The Bertz CT molecular complexity index is 483. The largest absolute Gasteiger partial charge is 0.426 e. The molecule has 15 heavy (non-hydrogen) atoms. The van der Waals surface area contributed by atoms with Crippen LogP contribution in [-0.2, 0) is 14.9 Å². The number of hydrogen-bond acceptors (Lipinski definition) is 5. The zero-order chi connectivity index (χ0) is 10.9. The van der Waals surface area contributed by atoms with Gasteiger partial charge in [0.15, 0.2) is 0 Å². The molecule has 2 rings (SSSR count). The Kier molecular flexibility index (Phi) is 2.33. The third kappa shape index (κ3) is 2.08. The minimum atomic E-state index is -4.37. The molecular weight excluding hydrogens is 220 g/mol. The lowest BCUT2D eigenvalue weighted by atomic mass is 10.2. The Balaban J connectivity index is 2.18. The Morgan fingerprint density at radius 1 is 1.27 bits per heavy atom. The Labute approximate surface area is 86.3 Å². The van der Waals surface area contributed by atoms with Gasteiger partial charge < -0.3 is 4.74 Å². The minimum Gasteiger partial charge on any atom is -0.426 e. The Morgan fingerprint density at radius 3 is 2.47 bits per heavy atom. The van der Waals surface area contributed by atoms with Crippen LogP contribution in [0.2, 0.25) is 0 Å². The van der Waals surface area contributed by atoms with Crippen molar-refractivity contribution in [2.24, 2.45) is 5.10 Å². The van der Waals surface area contributed by atoms with Crippen molar-refractivity contribution < 1.29 is 17.7 Å². The van der Waals surface area contributed by atoms with Crippen LogP contribution in [0.15, 0.2) is 35.4 Å². The molecule has 0 saturated heterocycles. The van der Waals surface area contributed by atoms with E-state index in [4.69, 9.17) is 9.29 Å². The lowest BCUT2D eigenvalue weighted by Crippen LogP contribution is -2.22. The first-order chi connectivity index (χ1) is 7.07. The van der Waals surface area contributed by atoms with Gasteiger partial charge in [0, 0.05) is 5.56 Å². The molecule has 0 fully saturated rings. The fourth-order valence-electron chi connectivity index (χ4n) is 1.04. The van der Waals surface area contributed by atoms with Gasteiger partial charge in [-0.3, -0.25) is 4.55 Å². The van der Waals surface area contributed by atoms with Crippen LogP contribution < -0.4 is 5.43 Å². The first kappa shape index (κ1) is 9.94. The standard InChI is InChI=1S/C8H7N2O4S/c11-15(12,13)8-10-9-7(14-8)6-4-2-1-3-5-6/h1-5,10H,(H,11,12,13). The van der Waals surface area contributed by atoms with Gasteiger partial charge in [-0.25, -0.2) is 5.43 Å². The molecule has 1 aromatic rings. The van der Waals surface area contributed by atoms with Crippen LogP contribution in [0.1, 0.15) is 5.56 Å². The summed E-state index contributed by atoms with van der Waals surface area (Å²) in [5.41, 5.74) is 2.02. The number of hydrogen-bond donors (Lipinski definition) is 2. The van der Waals surface area contributed by atoms with Crippen molar-refractivity contribution in [1.82, 2.24) is 5.43 Å². The van der Waals surface area contributed by atoms with E-state index in [-0.39, 0.29) is 5.90 Å². The van der Waals surface area contributed by atoms with Gasteiger partial charge in [-0.1, -0.05) is 18.2 Å². The lowest BCUT2D eigenvalue weighted by Gasteiger charge is -2.04. The summed E-state index contributed by atoms with van der Waals surface area (Å²) in [5.74, 6) is 0.100. The summed E-state index contributed by atoms with van der Waals surface area (Å²) in [5, 5.41) is 3.62. The van der Waals surface area contributed by atoms with Crippen LogP contribution in [0.25, 0.3) is 0 Å². The zero-order valence-electron chi connectivity index (χ0n) is 7.41. The second-order valence-corrected chi connectivity index (χ2v) is 4.08. The van der Waals surface area contributed by atoms with Crippen molar-refractivity contribution in [3.8, 4) is 0 Å². The van der Waals surface area contributed by atoms with Crippen LogP contribution in [0.5, 0.6) is 0 Å². The van der Waals surface area contributed by atoms with Gasteiger partial charge >= 0.3 is 15.7 Å². The van der Waals surface area contributed by atoms with Gasteiger partial charge in [-0.2, -0.15) is 8.42 Å². The van der Waals surface area contributed by atoms with Crippen LogP contribution in [0.3, 0.4) is 0 Å². The zero-order valence-corrected chi connectivity index (χ0v) is 8.23. The van der Waals surface area contributed by atoms with Crippen LogP contribution >= 0.6 is 0 Å². The number of ether oxygens (including phenoxy) is 1. The molecule has 0 unspecified atom stereocenters. The predicted molar refractivity (Wildman–Crippen MR) is 52.0 cm³/mol. The molecular formula is C8H7N2O4S. The second kappa shape index (κ2) is 3.52. The smallest absolute Gasteiger partial charge is 0.404 e. The number of rotatable bonds is 2. The minimum absolute atomic E-state index is 0.100. The maximum absolute atomic E-state index is 10.7. The summed E-state index contributed by atoms with van der Waals surface area (Å²) >= 11 is 0. The predicted octanol–water partition coefficient (Wildman–Crippen LogP) is 0.303. The number of hydrazone groups is 1. The third-order valence-corrected chi connectivity index (χ3v) is 2.34. The third-order valence-electron chi connectivity index (χ3n) is 1.69. The molecule has 0 atom stereocenters. The van der Waals surface area contributed by atoms with Gasteiger partial charge in [0.25, 0.3) is 0 Å². The summed E-state index contributed by atoms with van der Waals surface area (Å²) < 4.78 is 34.8. The maximum atomic E-state index is 10.7. The topological polar surface area (TPSA) is 88.0 Å². The van der Waals surface area contributed by atoms with Crippen LogP contribution in [-0.4, -0.2) is 18.9 Å². The highest BCUT2D eigenvalue weighted by atomic mass is 32.2.